The van der Waals surface area contributed by atoms with Crippen LogP contribution in [0.25, 0.3) is 0 Å². The lowest BCUT2D eigenvalue weighted by atomic mass is 10.0. The number of ether oxygens (including phenoxy) is 1. The van der Waals surface area contributed by atoms with Crippen molar-refractivity contribution in [3.05, 3.63) is 0 Å². The van der Waals surface area contributed by atoms with Gasteiger partial charge in [0, 0.05) is 12.8 Å². The fraction of sp³-hybridized carbons (Fsp3) is 0.970. The van der Waals surface area contributed by atoms with Gasteiger partial charge < -0.3 is 20.3 Å². The van der Waals surface area contributed by atoms with Gasteiger partial charge in [-0.05, 0) is 25.7 Å². The van der Waals surface area contributed by atoms with Gasteiger partial charge in [-0.15, -0.1) is 0 Å². The zero-order valence-corrected chi connectivity index (χ0v) is 49.9. The molecular weight excluding hydrogens is 899 g/mol. The van der Waals surface area contributed by atoms with Crippen molar-refractivity contribution in [2.45, 2.75) is 405 Å². The first kappa shape index (κ1) is 71.9. The van der Waals surface area contributed by atoms with Crippen LogP contribution >= 0.6 is 0 Å². The summed E-state index contributed by atoms with van der Waals surface area (Å²) in [7, 11) is 0. The van der Waals surface area contributed by atoms with Crippen molar-refractivity contribution < 1.29 is 24.5 Å². The molecule has 436 valence electrons. The fourth-order valence-corrected chi connectivity index (χ4v) is 11.0. The van der Waals surface area contributed by atoms with E-state index in [-0.39, 0.29) is 18.5 Å². The number of esters is 1. The summed E-state index contributed by atoms with van der Waals surface area (Å²) in [6.07, 6.45) is 75.6. The van der Waals surface area contributed by atoms with Crippen LogP contribution in [0.4, 0.5) is 0 Å². The molecule has 2 unspecified atom stereocenters. The van der Waals surface area contributed by atoms with Crippen LogP contribution in [0.2, 0.25) is 0 Å². The highest BCUT2D eigenvalue weighted by atomic mass is 16.5. The van der Waals surface area contributed by atoms with Crippen molar-refractivity contribution >= 4 is 11.9 Å². The summed E-state index contributed by atoms with van der Waals surface area (Å²) in [5, 5.41) is 23.4. The van der Waals surface area contributed by atoms with Crippen LogP contribution in [0.1, 0.15) is 393 Å². The Balaban J connectivity index is 3.36. The van der Waals surface area contributed by atoms with E-state index in [0.717, 1.165) is 38.5 Å². The van der Waals surface area contributed by atoms with Gasteiger partial charge in [-0.3, -0.25) is 9.59 Å². The molecule has 6 heteroatoms. The Morgan fingerprint density at radius 3 is 0.836 bits per heavy atom. The molecule has 0 fully saturated rings. The molecule has 6 nitrogen and oxygen atoms in total. The van der Waals surface area contributed by atoms with Gasteiger partial charge >= 0.3 is 5.97 Å². The van der Waals surface area contributed by atoms with Gasteiger partial charge in [0.25, 0.3) is 0 Å². The van der Waals surface area contributed by atoms with E-state index in [1.807, 2.05) is 0 Å². The zero-order chi connectivity index (χ0) is 52.9. The third-order valence-corrected chi connectivity index (χ3v) is 16.2. The van der Waals surface area contributed by atoms with Crippen LogP contribution in [0.3, 0.4) is 0 Å². The minimum atomic E-state index is -0.665. The van der Waals surface area contributed by atoms with Gasteiger partial charge in [0.2, 0.25) is 5.91 Å². The Morgan fingerprint density at radius 2 is 0.562 bits per heavy atom. The number of carbonyl (C=O) groups is 2. The van der Waals surface area contributed by atoms with Crippen molar-refractivity contribution in [2.24, 2.45) is 0 Å². The Hall–Kier alpha value is -1.14. The maximum atomic E-state index is 12.5. The maximum Gasteiger partial charge on any atom is 0.305 e. The quantitative estimate of drug-likeness (QED) is 0.0417. The lowest BCUT2D eigenvalue weighted by molar-refractivity contribution is -0.143. The summed E-state index contributed by atoms with van der Waals surface area (Å²) in [6, 6.07) is -0.542. The van der Waals surface area contributed by atoms with E-state index in [9.17, 15) is 19.8 Å². The molecule has 0 aliphatic heterocycles. The summed E-state index contributed by atoms with van der Waals surface area (Å²) >= 11 is 0. The van der Waals surface area contributed by atoms with Crippen LogP contribution in [-0.2, 0) is 14.3 Å². The molecule has 0 aliphatic rings. The Kier molecular flexibility index (Phi) is 62.4. The average molecular weight is 1030 g/mol. The van der Waals surface area contributed by atoms with E-state index in [0.29, 0.717) is 25.9 Å². The van der Waals surface area contributed by atoms with Crippen LogP contribution in [0.5, 0.6) is 0 Å². The molecule has 3 N–H and O–H groups in total. The van der Waals surface area contributed by atoms with Gasteiger partial charge in [-0.25, -0.2) is 0 Å². The molecule has 0 aromatic heterocycles. The third kappa shape index (κ3) is 60.0. The predicted molar refractivity (Wildman–Crippen MR) is 320 cm³/mol. The molecule has 0 spiro atoms. The molecule has 0 bridgehead atoms. The second-order valence-corrected chi connectivity index (χ2v) is 23.5. The molecule has 0 rings (SSSR count). The maximum absolute atomic E-state index is 12.5. The smallest absolute Gasteiger partial charge is 0.305 e. The Labute approximate surface area is 457 Å². The summed E-state index contributed by atoms with van der Waals surface area (Å²) in [5.74, 6) is -0.0157. The number of hydrogen-bond donors (Lipinski definition) is 3. The highest BCUT2D eigenvalue weighted by Crippen LogP contribution is 2.19. The highest BCUT2D eigenvalue weighted by molar-refractivity contribution is 5.76. The average Bonchev–Trinajstić information content (AvgIpc) is 3.39. The minimum Gasteiger partial charge on any atom is -0.466 e. The minimum absolute atomic E-state index is 0.0165. The molecule has 0 radical (unpaired) electrons. The SMILES string of the molecule is CCCCCCCCCCCCCCCCCCCCC(=O)OCCCCCCCCCCCCCCCCCCCCCCC(=O)NC(CO)C(O)CCCCCCCCCCCCCCCCCCCC. The fourth-order valence-electron chi connectivity index (χ4n) is 11.0. The molecule has 0 heterocycles. The van der Waals surface area contributed by atoms with Crippen molar-refractivity contribution in [3.8, 4) is 0 Å². The van der Waals surface area contributed by atoms with E-state index in [1.54, 1.807) is 0 Å². The molecule has 0 saturated heterocycles. The number of amides is 1. The van der Waals surface area contributed by atoms with Crippen molar-refractivity contribution in [1.82, 2.24) is 5.32 Å². The monoisotopic (exact) mass is 1030 g/mol. The first-order valence-corrected chi connectivity index (χ1v) is 33.8. The van der Waals surface area contributed by atoms with Crippen LogP contribution in [0.15, 0.2) is 0 Å². The summed E-state index contributed by atoms with van der Waals surface area (Å²) in [4.78, 5) is 24.6. The zero-order valence-electron chi connectivity index (χ0n) is 49.9. The van der Waals surface area contributed by atoms with Crippen LogP contribution in [0, 0.1) is 0 Å². The van der Waals surface area contributed by atoms with E-state index < -0.39 is 12.1 Å². The van der Waals surface area contributed by atoms with Gasteiger partial charge in [0.15, 0.2) is 0 Å². The van der Waals surface area contributed by atoms with E-state index in [4.69, 9.17) is 4.74 Å². The van der Waals surface area contributed by atoms with Crippen molar-refractivity contribution in [1.29, 1.82) is 0 Å². The number of hydrogen-bond acceptors (Lipinski definition) is 5. The van der Waals surface area contributed by atoms with Crippen molar-refractivity contribution in [2.75, 3.05) is 13.2 Å². The molecule has 0 aliphatic carbocycles. The van der Waals surface area contributed by atoms with Gasteiger partial charge in [-0.2, -0.15) is 0 Å². The second-order valence-electron chi connectivity index (χ2n) is 23.5. The number of aliphatic hydroxyl groups is 2. The first-order chi connectivity index (χ1) is 36.0. The van der Waals surface area contributed by atoms with E-state index in [2.05, 4.69) is 19.2 Å². The highest BCUT2D eigenvalue weighted by Gasteiger charge is 2.20. The third-order valence-electron chi connectivity index (χ3n) is 16.2. The largest absolute Gasteiger partial charge is 0.466 e. The molecular formula is C67H133NO5. The number of unbranched alkanes of at least 4 members (excludes halogenated alkanes) is 53. The van der Waals surface area contributed by atoms with Gasteiger partial charge in [-0.1, -0.05) is 354 Å². The summed E-state index contributed by atoms with van der Waals surface area (Å²) < 4.78 is 5.51. The molecule has 1 amide bonds. The van der Waals surface area contributed by atoms with E-state index in [1.165, 1.54) is 321 Å². The lowest BCUT2D eigenvalue weighted by Gasteiger charge is -2.22. The topological polar surface area (TPSA) is 95.9 Å². The number of rotatable bonds is 64. The molecule has 0 aromatic carbocycles. The molecule has 73 heavy (non-hydrogen) atoms. The van der Waals surface area contributed by atoms with Gasteiger partial charge in [0.1, 0.15) is 0 Å². The lowest BCUT2D eigenvalue weighted by Crippen LogP contribution is -2.45. The normalized spacial score (nSPS) is 12.4. The van der Waals surface area contributed by atoms with Crippen LogP contribution in [-0.4, -0.2) is 47.4 Å². The number of aliphatic hydroxyl groups excluding tert-OH is 2. The number of nitrogens with one attached hydrogen (secondary N) is 1. The Bertz CT molecular complexity index is 1050. The molecule has 0 aromatic rings. The van der Waals surface area contributed by atoms with E-state index >= 15 is 0 Å². The summed E-state index contributed by atoms with van der Waals surface area (Å²) in [6.45, 7) is 5.00. The number of carbonyl (C=O) groups excluding carboxylic acids is 2. The summed E-state index contributed by atoms with van der Waals surface area (Å²) in [5.41, 5.74) is 0. The van der Waals surface area contributed by atoms with Crippen LogP contribution < -0.4 is 5.32 Å². The molecule has 0 saturated carbocycles. The van der Waals surface area contributed by atoms with Gasteiger partial charge in [0.05, 0.1) is 25.4 Å². The second kappa shape index (κ2) is 63.4. The van der Waals surface area contributed by atoms with Crippen molar-refractivity contribution in [3.63, 3.8) is 0 Å². The standard InChI is InChI=1S/C67H133NO5/c1-3-5-7-9-11-13-15-17-19-21-27-31-35-39-43-47-51-55-59-65(70)64(63-69)68-66(71)60-56-52-48-44-40-36-32-28-25-23-24-26-30-34-38-42-46-50-54-58-62-73-67(72)61-57-53-49-45-41-37-33-29-22-20-18-16-14-12-10-8-6-4-2/h64-65,69-70H,3-63H2,1-2H3,(H,68,71). The Morgan fingerprint density at radius 1 is 0.329 bits per heavy atom. The predicted octanol–water partition coefficient (Wildman–Crippen LogP) is 21.4. The first-order valence-electron chi connectivity index (χ1n) is 33.8. The molecule has 2 atom stereocenters.